The molecular formula is C16H21N3O2. The number of anilines is 1. The zero-order chi connectivity index (χ0) is 15.4. The third kappa shape index (κ3) is 3.92. The number of nitrogens with zero attached hydrogens (tertiary/aromatic N) is 1. The lowest BCUT2D eigenvalue weighted by Gasteiger charge is -2.14. The van der Waals surface area contributed by atoms with Crippen LogP contribution in [0.5, 0.6) is 0 Å². The number of benzene rings is 1. The van der Waals surface area contributed by atoms with Crippen LogP contribution in [0.1, 0.15) is 29.5 Å². The molecule has 1 heterocycles. The van der Waals surface area contributed by atoms with Crippen molar-refractivity contribution in [1.29, 1.82) is 0 Å². The van der Waals surface area contributed by atoms with Gasteiger partial charge in [0.25, 0.3) is 0 Å². The second-order valence-corrected chi connectivity index (χ2v) is 5.26. The molecule has 0 spiro atoms. The summed E-state index contributed by atoms with van der Waals surface area (Å²) in [6.45, 7) is 8.17. The van der Waals surface area contributed by atoms with Gasteiger partial charge in [0.15, 0.2) is 0 Å². The van der Waals surface area contributed by atoms with Crippen molar-refractivity contribution < 1.29 is 9.32 Å². The number of rotatable bonds is 5. The van der Waals surface area contributed by atoms with E-state index in [1.807, 2.05) is 52.0 Å². The molecule has 2 rings (SSSR count). The lowest BCUT2D eigenvalue weighted by molar-refractivity contribution is -0.117. The van der Waals surface area contributed by atoms with Crippen LogP contribution in [0.25, 0.3) is 0 Å². The Kier molecular flexibility index (Phi) is 4.75. The lowest BCUT2D eigenvalue weighted by Crippen LogP contribution is -2.37. The summed E-state index contributed by atoms with van der Waals surface area (Å²) >= 11 is 0. The summed E-state index contributed by atoms with van der Waals surface area (Å²) in [4.78, 5) is 12.1. The van der Waals surface area contributed by atoms with Crippen molar-refractivity contribution in [2.24, 2.45) is 0 Å². The average molecular weight is 287 g/mol. The number of aryl methyl sites for hydroxylation is 3. The van der Waals surface area contributed by atoms with Crippen molar-refractivity contribution >= 4 is 11.6 Å². The van der Waals surface area contributed by atoms with Gasteiger partial charge in [-0.2, -0.15) is 0 Å². The standard InChI is InChI=1S/C16H21N3O2/c1-10-5-7-14(8-6-10)18-16(20)12(3)17-9-15-11(2)19-21-13(15)4/h5-8,12,17H,9H2,1-4H3,(H,18,20). The van der Waals surface area contributed by atoms with Crippen LogP contribution < -0.4 is 10.6 Å². The summed E-state index contributed by atoms with van der Waals surface area (Å²) in [6.07, 6.45) is 0. The van der Waals surface area contributed by atoms with Gasteiger partial charge in [0, 0.05) is 17.8 Å². The fourth-order valence-electron chi connectivity index (χ4n) is 1.99. The molecule has 112 valence electrons. The minimum absolute atomic E-state index is 0.0642. The Hall–Kier alpha value is -2.14. The molecule has 5 nitrogen and oxygen atoms in total. The smallest absolute Gasteiger partial charge is 0.241 e. The minimum atomic E-state index is -0.306. The van der Waals surface area contributed by atoms with Gasteiger partial charge >= 0.3 is 0 Å². The van der Waals surface area contributed by atoms with E-state index in [0.717, 1.165) is 28.3 Å². The Morgan fingerprint density at radius 2 is 1.90 bits per heavy atom. The van der Waals surface area contributed by atoms with Gasteiger partial charge < -0.3 is 15.2 Å². The molecule has 0 aliphatic carbocycles. The van der Waals surface area contributed by atoms with Crippen molar-refractivity contribution in [2.45, 2.75) is 40.3 Å². The zero-order valence-electron chi connectivity index (χ0n) is 12.9. The third-order valence-electron chi connectivity index (χ3n) is 3.48. The van der Waals surface area contributed by atoms with E-state index in [1.54, 1.807) is 0 Å². The Labute approximate surface area is 124 Å². The van der Waals surface area contributed by atoms with Gasteiger partial charge in [-0.05, 0) is 39.8 Å². The van der Waals surface area contributed by atoms with E-state index < -0.39 is 0 Å². The number of carbonyl (C=O) groups excluding carboxylic acids is 1. The van der Waals surface area contributed by atoms with Gasteiger partial charge in [0.05, 0.1) is 11.7 Å². The Bertz CT molecular complexity index is 597. The largest absolute Gasteiger partial charge is 0.361 e. The molecule has 1 aromatic carbocycles. The molecule has 0 bridgehead atoms. The minimum Gasteiger partial charge on any atom is -0.361 e. The first-order chi connectivity index (χ1) is 9.97. The molecule has 1 aromatic heterocycles. The summed E-state index contributed by atoms with van der Waals surface area (Å²) in [5, 5.41) is 9.97. The molecule has 0 aliphatic heterocycles. The molecular weight excluding hydrogens is 266 g/mol. The molecule has 2 N–H and O–H groups in total. The van der Waals surface area contributed by atoms with Crippen LogP contribution in [-0.2, 0) is 11.3 Å². The van der Waals surface area contributed by atoms with Crippen molar-refractivity contribution in [3.63, 3.8) is 0 Å². The zero-order valence-corrected chi connectivity index (χ0v) is 12.9. The number of carbonyl (C=O) groups is 1. The predicted molar refractivity (Wildman–Crippen MR) is 82.1 cm³/mol. The Balaban J connectivity index is 1.89. The molecule has 0 radical (unpaired) electrons. The monoisotopic (exact) mass is 287 g/mol. The first-order valence-electron chi connectivity index (χ1n) is 7.00. The normalized spacial score (nSPS) is 12.2. The first kappa shape index (κ1) is 15.3. The summed E-state index contributed by atoms with van der Waals surface area (Å²) in [6, 6.07) is 7.43. The molecule has 1 unspecified atom stereocenters. The number of nitrogens with one attached hydrogen (secondary N) is 2. The average Bonchev–Trinajstić information content (AvgIpc) is 2.78. The maximum Gasteiger partial charge on any atom is 0.241 e. The van der Waals surface area contributed by atoms with Crippen LogP contribution >= 0.6 is 0 Å². The van der Waals surface area contributed by atoms with E-state index in [4.69, 9.17) is 4.52 Å². The van der Waals surface area contributed by atoms with Gasteiger partial charge in [-0.25, -0.2) is 0 Å². The van der Waals surface area contributed by atoms with Crippen molar-refractivity contribution in [3.8, 4) is 0 Å². The quantitative estimate of drug-likeness (QED) is 0.887. The van der Waals surface area contributed by atoms with Gasteiger partial charge in [-0.1, -0.05) is 22.9 Å². The highest BCUT2D eigenvalue weighted by Crippen LogP contribution is 2.12. The molecule has 0 aliphatic rings. The van der Waals surface area contributed by atoms with Crippen LogP contribution in [0.3, 0.4) is 0 Å². The van der Waals surface area contributed by atoms with Crippen molar-refractivity contribution in [1.82, 2.24) is 10.5 Å². The summed E-state index contributed by atoms with van der Waals surface area (Å²) < 4.78 is 5.10. The molecule has 0 fully saturated rings. The van der Waals surface area contributed by atoms with Gasteiger partial charge in [0.1, 0.15) is 5.76 Å². The van der Waals surface area contributed by atoms with Crippen LogP contribution in [-0.4, -0.2) is 17.1 Å². The van der Waals surface area contributed by atoms with Crippen LogP contribution in [0, 0.1) is 20.8 Å². The Morgan fingerprint density at radius 3 is 2.48 bits per heavy atom. The van der Waals surface area contributed by atoms with E-state index >= 15 is 0 Å². The molecule has 2 aromatic rings. The summed E-state index contributed by atoms with van der Waals surface area (Å²) in [5.41, 5.74) is 3.82. The topological polar surface area (TPSA) is 67.2 Å². The number of amides is 1. The van der Waals surface area contributed by atoms with E-state index in [0.29, 0.717) is 6.54 Å². The highest BCUT2D eigenvalue weighted by atomic mass is 16.5. The predicted octanol–water partition coefficient (Wildman–Crippen LogP) is 2.72. The first-order valence-corrected chi connectivity index (χ1v) is 7.00. The van der Waals surface area contributed by atoms with E-state index in [9.17, 15) is 4.79 Å². The fourth-order valence-corrected chi connectivity index (χ4v) is 1.99. The van der Waals surface area contributed by atoms with Gasteiger partial charge in [-0.15, -0.1) is 0 Å². The van der Waals surface area contributed by atoms with Crippen molar-refractivity contribution in [2.75, 3.05) is 5.32 Å². The molecule has 1 amide bonds. The Morgan fingerprint density at radius 1 is 1.24 bits per heavy atom. The van der Waals surface area contributed by atoms with E-state index in [-0.39, 0.29) is 11.9 Å². The fraction of sp³-hybridized carbons (Fsp3) is 0.375. The molecule has 0 saturated carbocycles. The maximum absolute atomic E-state index is 12.1. The van der Waals surface area contributed by atoms with Crippen molar-refractivity contribution in [3.05, 3.63) is 46.8 Å². The number of aromatic nitrogens is 1. The highest BCUT2D eigenvalue weighted by Gasteiger charge is 2.15. The molecule has 5 heteroatoms. The number of hydrogen-bond acceptors (Lipinski definition) is 4. The summed E-state index contributed by atoms with van der Waals surface area (Å²) in [7, 11) is 0. The second kappa shape index (κ2) is 6.54. The summed E-state index contributed by atoms with van der Waals surface area (Å²) in [5.74, 6) is 0.719. The van der Waals surface area contributed by atoms with Crippen LogP contribution in [0.2, 0.25) is 0 Å². The molecule has 1 atom stereocenters. The lowest BCUT2D eigenvalue weighted by atomic mass is 10.2. The highest BCUT2D eigenvalue weighted by molar-refractivity contribution is 5.94. The number of hydrogen-bond donors (Lipinski definition) is 2. The second-order valence-electron chi connectivity index (χ2n) is 5.26. The van der Waals surface area contributed by atoms with Gasteiger partial charge in [-0.3, -0.25) is 4.79 Å². The molecule has 0 saturated heterocycles. The molecule has 21 heavy (non-hydrogen) atoms. The van der Waals surface area contributed by atoms with Crippen LogP contribution in [0.4, 0.5) is 5.69 Å². The van der Waals surface area contributed by atoms with E-state index in [2.05, 4.69) is 15.8 Å². The maximum atomic E-state index is 12.1. The van der Waals surface area contributed by atoms with Gasteiger partial charge in [0.2, 0.25) is 5.91 Å². The SMILES string of the molecule is Cc1ccc(NC(=O)C(C)NCc2c(C)noc2C)cc1. The third-order valence-corrected chi connectivity index (χ3v) is 3.48. The van der Waals surface area contributed by atoms with Crippen LogP contribution in [0.15, 0.2) is 28.8 Å². The van der Waals surface area contributed by atoms with E-state index in [1.165, 1.54) is 0 Å².